The van der Waals surface area contributed by atoms with Gasteiger partial charge in [-0.05, 0) is 50.4 Å². The van der Waals surface area contributed by atoms with Crippen molar-refractivity contribution in [3.05, 3.63) is 0 Å². The van der Waals surface area contributed by atoms with E-state index in [0.717, 1.165) is 24.9 Å². The van der Waals surface area contributed by atoms with Gasteiger partial charge in [-0.2, -0.15) is 0 Å². The number of nitrogens with zero attached hydrogens (tertiary/aromatic N) is 1. The summed E-state index contributed by atoms with van der Waals surface area (Å²) in [5.74, 6) is 1.63. The first-order chi connectivity index (χ1) is 7.31. The largest absolute Gasteiger partial charge is 0.335 e. The van der Waals surface area contributed by atoms with Crippen LogP contribution in [0.2, 0.25) is 0 Å². The molecule has 0 bridgehead atoms. The maximum absolute atomic E-state index is 11.9. The summed E-state index contributed by atoms with van der Waals surface area (Å²) in [5, 5.41) is 3.11. The number of rotatable bonds is 5. The first kappa shape index (κ1) is 9.49. The van der Waals surface area contributed by atoms with Gasteiger partial charge < -0.3 is 10.2 Å². The number of hydrogen-bond acceptors (Lipinski definition) is 1. The first-order valence-corrected chi connectivity index (χ1v) is 6.36. The Morgan fingerprint density at radius 1 is 1.00 bits per heavy atom. The van der Waals surface area contributed by atoms with Crippen LogP contribution in [0, 0.1) is 11.8 Å². The number of urea groups is 1. The Bertz CT molecular complexity index is 240. The topological polar surface area (TPSA) is 32.3 Å². The molecule has 0 aromatic heterocycles. The summed E-state index contributed by atoms with van der Waals surface area (Å²) in [7, 11) is 0. The molecule has 3 rings (SSSR count). The van der Waals surface area contributed by atoms with Crippen LogP contribution < -0.4 is 5.32 Å². The second-order valence-corrected chi connectivity index (χ2v) is 5.52. The fourth-order valence-corrected chi connectivity index (χ4v) is 1.96. The molecule has 2 amide bonds. The van der Waals surface area contributed by atoms with Crippen molar-refractivity contribution < 1.29 is 4.79 Å². The Balaban J connectivity index is 1.50. The predicted octanol–water partition coefficient (Wildman–Crippen LogP) is 1.98. The monoisotopic (exact) mass is 208 g/mol. The highest BCUT2D eigenvalue weighted by Crippen LogP contribution is 2.34. The van der Waals surface area contributed by atoms with Gasteiger partial charge in [0.15, 0.2) is 0 Å². The van der Waals surface area contributed by atoms with Crippen molar-refractivity contribution in [1.82, 2.24) is 10.2 Å². The summed E-state index contributed by atoms with van der Waals surface area (Å²) in [6.45, 7) is 2.02. The molecule has 15 heavy (non-hydrogen) atoms. The molecule has 3 nitrogen and oxygen atoms in total. The van der Waals surface area contributed by atoms with Crippen LogP contribution in [-0.4, -0.2) is 30.1 Å². The molecule has 3 fully saturated rings. The average molecular weight is 208 g/mol. The van der Waals surface area contributed by atoms with E-state index in [2.05, 4.69) is 10.2 Å². The second-order valence-electron chi connectivity index (χ2n) is 5.52. The van der Waals surface area contributed by atoms with E-state index in [0.29, 0.717) is 6.04 Å². The van der Waals surface area contributed by atoms with Crippen molar-refractivity contribution in [3.63, 3.8) is 0 Å². The van der Waals surface area contributed by atoms with E-state index in [9.17, 15) is 4.79 Å². The molecule has 3 aliphatic carbocycles. The zero-order valence-corrected chi connectivity index (χ0v) is 9.24. The summed E-state index contributed by atoms with van der Waals surface area (Å²) in [4.78, 5) is 14.0. The van der Waals surface area contributed by atoms with Gasteiger partial charge in [-0.1, -0.05) is 0 Å². The van der Waals surface area contributed by atoms with E-state index >= 15 is 0 Å². The smallest absolute Gasteiger partial charge is 0.317 e. The minimum Gasteiger partial charge on any atom is -0.335 e. The van der Waals surface area contributed by atoms with Crippen LogP contribution >= 0.6 is 0 Å². The number of nitrogens with one attached hydrogen (secondary N) is 1. The summed E-state index contributed by atoms with van der Waals surface area (Å²) in [6.07, 6.45) is 7.70. The summed E-state index contributed by atoms with van der Waals surface area (Å²) in [6, 6.07) is 0.703. The second kappa shape index (κ2) is 3.69. The van der Waals surface area contributed by atoms with Crippen LogP contribution in [0.5, 0.6) is 0 Å². The molecule has 84 valence electrons. The zero-order valence-electron chi connectivity index (χ0n) is 9.24. The molecule has 0 unspecified atom stereocenters. The highest BCUT2D eigenvalue weighted by molar-refractivity contribution is 5.75. The molecule has 0 aromatic carbocycles. The van der Waals surface area contributed by atoms with E-state index in [-0.39, 0.29) is 6.03 Å². The molecule has 3 saturated carbocycles. The Morgan fingerprint density at radius 3 is 1.93 bits per heavy atom. The van der Waals surface area contributed by atoms with Gasteiger partial charge in [0.2, 0.25) is 0 Å². The quantitative estimate of drug-likeness (QED) is 0.736. The number of carbonyl (C=O) groups is 1. The van der Waals surface area contributed by atoms with E-state index in [1.165, 1.54) is 38.5 Å². The Labute approximate surface area is 91.2 Å². The van der Waals surface area contributed by atoms with Gasteiger partial charge in [0.1, 0.15) is 0 Å². The predicted molar refractivity (Wildman–Crippen MR) is 58.6 cm³/mol. The highest BCUT2D eigenvalue weighted by Gasteiger charge is 2.33. The van der Waals surface area contributed by atoms with Crippen LogP contribution in [0.15, 0.2) is 0 Å². The van der Waals surface area contributed by atoms with Gasteiger partial charge in [0.25, 0.3) is 0 Å². The lowest BCUT2D eigenvalue weighted by Crippen LogP contribution is -2.43. The van der Waals surface area contributed by atoms with Gasteiger partial charge in [-0.3, -0.25) is 0 Å². The first-order valence-electron chi connectivity index (χ1n) is 6.36. The summed E-state index contributed by atoms with van der Waals surface area (Å²) < 4.78 is 0. The number of carbonyl (C=O) groups excluding carboxylic acids is 1. The maximum Gasteiger partial charge on any atom is 0.317 e. The molecule has 0 aromatic rings. The van der Waals surface area contributed by atoms with E-state index in [4.69, 9.17) is 0 Å². The summed E-state index contributed by atoms with van der Waals surface area (Å²) in [5.41, 5.74) is 0. The zero-order chi connectivity index (χ0) is 10.3. The molecule has 0 radical (unpaired) electrons. The van der Waals surface area contributed by atoms with Gasteiger partial charge in [0.05, 0.1) is 0 Å². The fraction of sp³-hybridized carbons (Fsp3) is 0.917. The molecule has 0 heterocycles. The summed E-state index contributed by atoms with van der Waals surface area (Å²) >= 11 is 0. The fourth-order valence-electron chi connectivity index (χ4n) is 1.96. The third-order valence-electron chi connectivity index (χ3n) is 3.54. The van der Waals surface area contributed by atoms with E-state index < -0.39 is 0 Å². The molecular formula is C12H20N2O. The van der Waals surface area contributed by atoms with Crippen molar-refractivity contribution in [1.29, 1.82) is 0 Å². The standard InChI is InChI=1S/C12H20N2O/c15-12(13-11-5-6-11)14(7-9-1-2-9)8-10-3-4-10/h9-11H,1-8H2,(H,13,15). The van der Waals surface area contributed by atoms with Crippen LogP contribution in [0.25, 0.3) is 0 Å². The van der Waals surface area contributed by atoms with Crippen LogP contribution in [0.1, 0.15) is 38.5 Å². The van der Waals surface area contributed by atoms with E-state index in [1.807, 2.05) is 0 Å². The van der Waals surface area contributed by atoms with Crippen LogP contribution in [-0.2, 0) is 0 Å². The highest BCUT2D eigenvalue weighted by atomic mass is 16.2. The third-order valence-corrected chi connectivity index (χ3v) is 3.54. The van der Waals surface area contributed by atoms with Gasteiger partial charge >= 0.3 is 6.03 Å². The molecule has 3 heteroatoms. The van der Waals surface area contributed by atoms with Gasteiger partial charge in [-0.15, -0.1) is 0 Å². The van der Waals surface area contributed by atoms with Crippen molar-refractivity contribution in [2.24, 2.45) is 11.8 Å². The Hall–Kier alpha value is -0.730. The Kier molecular flexibility index (Phi) is 2.33. The molecule has 0 spiro atoms. The lowest BCUT2D eigenvalue weighted by Gasteiger charge is -2.22. The average Bonchev–Trinajstić information content (AvgIpc) is 3.04. The lowest BCUT2D eigenvalue weighted by molar-refractivity contribution is 0.192. The molecule has 0 atom stereocenters. The van der Waals surface area contributed by atoms with E-state index in [1.54, 1.807) is 0 Å². The maximum atomic E-state index is 11.9. The van der Waals surface area contributed by atoms with Gasteiger partial charge in [-0.25, -0.2) is 4.79 Å². The lowest BCUT2D eigenvalue weighted by atomic mass is 10.3. The van der Waals surface area contributed by atoms with Crippen LogP contribution in [0.4, 0.5) is 4.79 Å². The SMILES string of the molecule is O=C(NC1CC1)N(CC1CC1)CC1CC1. The van der Waals surface area contributed by atoms with Crippen molar-refractivity contribution in [2.75, 3.05) is 13.1 Å². The molecule has 1 N–H and O–H groups in total. The third kappa shape index (κ3) is 2.86. The van der Waals surface area contributed by atoms with Crippen LogP contribution in [0.3, 0.4) is 0 Å². The Morgan fingerprint density at radius 2 is 1.53 bits per heavy atom. The van der Waals surface area contributed by atoms with Gasteiger partial charge in [0, 0.05) is 19.1 Å². The van der Waals surface area contributed by atoms with Crippen molar-refractivity contribution in [2.45, 2.75) is 44.6 Å². The molecule has 3 aliphatic rings. The molecular weight excluding hydrogens is 188 g/mol. The molecule has 0 aliphatic heterocycles. The normalized spacial score (nSPS) is 25.1. The van der Waals surface area contributed by atoms with Crippen molar-refractivity contribution in [3.8, 4) is 0 Å². The number of amides is 2. The minimum atomic E-state index is 0.205. The molecule has 0 saturated heterocycles. The number of hydrogen-bond donors (Lipinski definition) is 1. The minimum absolute atomic E-state index is 0.205. The van der Waals surface area contributed by atoms with Crippen molar-refractivity contribution >= 4 is 6.03 Å².